The topological polar surface area (TPSA) is 156 Å². The maximum absolute atomic E-state index is 12.6. The van der Waals surface area contributed by atoms with E-state index in [9.17, 15) is 19.5 Å². The van der Waals surface area contributed by atoms with Gasteiger partial charge in [-0.2, -0.15) is 0 Å². The van der Waals surface area contributed by atoms with Gasteiger partial charge in [0.05, 0.1) is 12.8 Å². The number of aromatic hydroxyl groups is 1. The van der Waals surface area contributed by atoms with Crippen molar-refractivity contribution >= 4 is 40.8 Å². The lowest BCUT2D eigenvalue weighted by Gasteiger charge is -2.21. The van der Waals surface area contributed by atoms with Crippen LogP contribution in [-0.2, 0) is 25.5 Å². The first-order valence-electron chi connectivity index (χ1n) is 11.1. The first-order valence-corrected chi connectivity index (χ1v) is 12.0. The van der Waals surface area contributed by atoms with Gasteiger partial charge in [-0.25, -0.2) is 9.78 Å². The summed E-state index contributed by atoms with van der Waals surface area (Å²) in [5, 5.41) is 18.0. The Kier molecular flexibility index (Phi) is 12.4. The molecule has 2 rings (SSSR count). The van der Waals surface area contributed by atoms with Crippen molar-refractivity contribution in [2.75, 3.05) is 19.0 Å². The Labute approximate surface area is 214 Å². The smallest absolute Gasteiger partial charge is 0.407 e. The molecule has 11 nitrogen and oxygen atoms in total. The fraction of sp³-hybridized carbons (Fsp3) is 0.458. The summed E-state index contributed by atoms with van der Waals surface area (Å²) >= 11 is 1.09. The van der Waals surface area contributed by atoms with Gasteiger partial charge in [-0.15, -0.1) is 0 Å². The molecule has 1 aromatic carbocycles. The number of rotatable bonds is 9. The van der Waals surface area contributed by atoms with E-state index in [0.717, 1.165) is 16.9 Å². The molecule has 2 aromatic rings. The number of nitrogens with one attached hydrogen (secondary N) is 3. The summed E-state index contributed by atoms with van der Waals surface area (Å²) in [6.07, 6.45) is 0.139. The lowest BCUT2D eigenvalue weighted by Crippen LogP contribution is -2.43. The summed E-state index contributed by atoms with van der Waals surface area (Å²) in [5.74, 6) is -0.410. The fourth-order valence-corrected chi connectivity index (χ4v) is 3.59. The van der Waals surface area contributed by atoms with E-state index >= 15 is 0 Å². The Morgan fingerprint density at radius 1 is 1.25 bits per heavy atom. The average Bonchev–Trinajstić information content (AvgIpc) is 3.15. The van der Waals surface area contributed by atoms with Crippen LogP contribution in [0.3, 0.4) is 0 Å². The molecule has 0 saturated heterocycles. The number of aromatic nitrogens is 1. The molecule has 1 heterocycles. The molecule has 0 fully saturated rings. The standard InChI is InChI=1S/C22H30N4O5S.C2H4O2/c1-13(12-23-21(30)31-22(3,4)5)24-19(29)18-14(2)25-20(32-18)26-17(28)10-9-15-7-6-8-16(27)11-15;1-4-2-3/h6-8,11,13,27H,9-10,12H2,1-5H3,(H,23,30)(H,24,29)(H,25,26,28);2H,1H3. The molecule has 0 spiro atoms. The van der Waals surface area contributed by atoms with Gasteiger partial charge in [-0.1, -0.05) is 23.5 Å². The van der Waals surface area contributed by atoms with Gasteiger partial charge in [0.15, 0.2) is 5.13 Å². The van der Waals surface area contributed by atoms with Gasteiger partial charge in [0.1, 0.15) is 16.2 Å². The van der Waals surface area contributed by atoms with Gasteiger partial charge in [-0.05, 0) is 58.7 Å². The highest BCUT2D eigenvalue weighted by Gasteiger charge is 2.20. The van der Waals surface area contributed by atoms with Crippen molar-refractivity contribution in [3.8, 4) is 5.75 Å². The van der Waals surface area contributed by atoms with Crippen LogP contribution in [-0.4, -0.2) is 59.8 Å². The number of aryl methyl sites for hydroxylation is 2. The maximum Gasteiger partial charge on any atom is 0.407 e. The van der Waals surface area contributed by atoms with Crippen LogP contribution in [0, 0.1) is 6.92 Å². The third-order valence-corrected chi connectivity index (χ3v) is 5.30. The molecule has 4 N–H and O–H groups in total. The number of amides is 3. The van der Waals surface area contributed by atoms with Crippen molar-refractivity contribution in [2.45, 2.75) is 59.1 Å². The Hall–Kier alpha value is -3.67. The summed E-state index contributed by atoms with van der Waals surface area (Å²) < 4.78 is 9.03. The maximum atomic E-state index is 12.6. The molecule has 1 unspecified atom stereocenters. The number of carbonyl (C=O) groups excluding carboxylic acids is 4. The van der Waals surface area contributed by atoms with Crippen molar-refractivity contribution < 1.29 is 33.8 Å². The van der Waals surface area contributed by atoms with E-state index in [0.29, 0.717) is 28.6 Å². The predicted octanol–water partition coefficient (Wildman–Crippen LogP) is 3.16. The third-order valence-electron chi connectivity index (χ3n) is 4.23. The minimum absolute atomic E-state index is 0.157. The molecule has 0 aliphatic rings. The van der Waals surface area contributed by atoms with Crippen molar-refractivity contribution in [1.82, 2.24) is 15.6 Å². The van der Waals surface area contributed by atoms with Gasteiger partial charge < -0.3 is 30.5 Å². The average molecular weight is 523 g/mol. The van der Waals surface area contributed by atoms with Crippen LogP contribution >= 0.6 is 11.3 Å². The van der Waals surface area contributed by atoms with Crippen molar-refractivity contribution in [3.05, 3.63) is 40.4 Å². The van der Waals surface area contributed by atoms with Crippen LogP contribution in [0.1, 0.15) is 55.0 Å². The monoisotopic (exact) mass is 522 g/mol. The van der Waals surface area contributed by atoms with E-state index < -0.39 is 11.7 Å². The minimum atomic E-state index is -0.597. The number of anilines is 1. The summed E-state index contributed by atoms with van der Waals surface area (Å²) in [4.78, 5) is 50.1. The number of methoxy groups -OCH3 is 1. The minimum Gasteiger partial charge on any atom is -0.508 e. The first-order chi connectivity index (χ1) is 16.8. The molecule has 3 amide bonds. The van der Waals surface area contributed by atoms with Crippen LogP contribution in [0.4, 0.5) is 9.93 Å². The van der Waals surface area contributed by atoms with E-state index in [1.807, 2.05) is 6.07 Å². The highest BCUT2D eigenvalue weighted by atomic mass is 32.1. The number of phenolic OH excluding ortho intramolecular Hbond substituents is 1. The van der Waals surface area contributed by atoms with Gasteiger partial charge in [0, 0.05) is 19.0 Å². The zero-order chi connectivity index (χ0) is 27.3. The van der Waals surface area contributed by atoms with Crippen LogP contribution < -0.4 is 16.0 Å². The molecule has 0 aliphatic carbocycles. The zero-order valence-corrected chi connectivity index (χ0v) is 22.2. The zero-order valence-electron chi connectivity index (χ0n) is 21.3. The molecule has 198 valence electrons. The lowest BCUT2D eigenvalue weighted by atomic mass is 10.1. The molecular weight excluding hydrogens is 488 g/mol. The largest absolute Gasteiger partial charge is 0.508 e. The van der Waals surface area contributed by atoms with Crippen LogP contribution in [0.5, 0.6) is 5.75 Å². The molecule has 1 aromatic heterocycles. The molecule has 0 saturated carbocycles. The molecule has 0 aliphatic heterocycles. The quantitative estimate of drug-likeness (QED) is 0.366. The molecule has 12 heteroatoms. The van der Waals surface area contributed by atoms with Crippen molar-refractivity contribution in [1.29, 1.82) is 0 Å². The Morgan fingerprint density at radius 2 is 1.92 bits per heavy atom. The van der Waals surface area contributed by atoms with Crippen LogP contribution in [0.25, 0.3) is 0 Å². The number of hydrogen-bond acceptors (Lipinski definition) is 9. The highest BCUT2D eigenvalue weighted by molar-refractivity contribution is 7.17. The molecular formula is C24H34N4O7S. The molecule has 0 bridgehead atoms. The number of ether oxygens (including phenoxy) is 2. The highest BCUT2D eigenvalue weighted by Crippen LogP contribution is 2.23. The van der Waals surface area contributed by atoms with Gasteiger partial charge in [0.25, 0.3) is 12.4 Å². The Morgan fingerprint density at radius 3 is 2.50 bits per heavy atom. The van der Waals surface area contributed by atoms with Crippen LogP contribution in [0.15, 0.2) is 24.3 Å². The number of nitrogens with zero attached hydrogens (tertiary/aromatic N) is 1. The lowest BCUT2D eigenvalue weighted by molar-refractivity contribution is -0.126. The Bertz CT molecular complexity index is 1030. The van der Waals surface area contributed by atoms with Gasteiger partial charge in [-0.3, -0.25) is 14.4 Å². The van der Waals surface area contributed by atoms with E-state index in [1.54, 1.807) is 52.8 Å². The summed E-state index contributed by atoms with van der Waals surface area (Å²) in [7, 11) is 1.31. The SMILES string of the molecule is COC=O.Cc1nc(NC(=O)CCc2cccc(O)c2)sc1C(=O)NC(C)CNC(=O)OC(C)(C)C. The number of thiazole rings is 1. The second-order valence-corrected chi connectivity index (χ2v) is 9.74. The van der Waals surface area contributed by atoms with E-state index in [1.165, 1.54) is 7.11 Å². The Balaban J connectivity index is 0.00000150. The van der Waals surface area contributed by atoms with Crippen molar-refractivity contribution in [3.63, 3.8) is 0 Å². The second kappa shape index (κ2) is 14.7. The van der Waals surface area contributed by atoms with E-state index in [2.05, 4.69) is 25.7 Å². The van der Waals surface area contributed by atoms with E-state index in [-0.39, 0.29) is 36.6 Å². The number of benzene rings is 1. The number of carbonyl (C=O) groups is 4. The number of hydrogen-bond donors (Lipinski definition) is 4. The molecule has 36 heavy (non-hydrogen) atoms. The van der Waals surface area contributed by atoms with Gasteiger partial charge in [0.2, 0.25) is 5.91 Å². The fourth-order valence-electron chi connectivity index (χ4n) is 2.70. The van der Waals surface area contributed by atoms with Gasteiger partial charge >= 0.3 is 6.09 Å². The normalized spacial score (nSPS) is 11.3. The third kappa shape index (κ3) is 12.2. The van der Waals surface area contributed by atoms with Crippen LogP contribution in [0.2, 0.25) is 0 Å². The van der Waals surface area contributed by atoms with Crippen molar-refractivity contribution in [2.24, 2.45) is 0 Å². The number of phenols is 1. The summed E-state index contributed by atoms with van der Waals surface area (Å²) in [5.41, 5.74) is 0.757. The number of alkyl carbamates (subject to hydrolysis) is 1. The van der Waals surface area contributed by atoms with E-state index in [4.69, 9.17) is 9.53 Å². The molecule has 1 atom stereocenters. The predicted molar refractivity (Wildman–Crippen MR) is 136 cm³/mol. The molecule has 0 radical (unpaired) electrons. The second-order valence-electron chi connectivity index (χ2n) is 8.74. The summed E-state index contributed by atoms with van der Waals surface area (Å²) in [6, 6.07) is 6.41. The first kappa shape index (κ1) is 30.4. The summed E-state index contributed by atoms with van der Waals surface area (Å²) in [6.45, 7) is 9.35.